The van der Waals surface area contributed by atoms with Gasteiger partial charge in [0.15, 0.2) is 0 Å². The number of hydrogen-bond donors (Lipinski definition) is 1. The summed E-state index contributed by atoms with van der Waals surface area (Å²) in [6.45, 7) is 7.38. The van der Waals surface area contributed by atoms with Crippen molar-refractivity contribution in [3.8, 4) is 0 Å². The average molecular weight is 234 g/mol. The second-order valence-corrected chi connectivity index (χ2v) is 4.90. The Hall–Kier alpha value is -0.860. The Bertz CT molecular complexity index is 318. The smallest absolute Gasteiger partial charge is 0.0230 e. The largest absolute Gasteiger partial charge is 0.326 e. The molecule has 0 saturated carbocycles. The lowest BCUT2D eigenvalue weighted by Gasteiger charge is -2.22. The minimum Gasteiger partial charge on any atom is -0.326 e. The van der Waals surface area contributed by atoms with E-state index >= 15 is 0 Å². The van der Waals surface area contributed by atoms with Crippen molar-refractivity contribution in [2.24, 2.45) is 11.7 Å². The molecule has 2 N–H and O–H groups in total. The van der Waals surface area contributed by atoms with Gasteiger partial charge in [0.25, 0.3) is 0 Å². The van der Waals surface area contributed by atoms with Crippen molar-refractivity contribution < 1.29 is 0 Å². The van der Waals surface area contributed by atoms with Crippen LogP contribution in [0.25, 0.3) is 0 Å². The number of nitrogens with zero attached hydrogens (tertiary/aromatic N) is 1. The normalized spacial score (nSPS) is 11.4. The minimum atomic E-state index is 0.629. The topological polar surface area (TPSA) is 29.3 Å². The average Bonchev–Trinajstić information content (AvgIpc) is 2.36. The Morgan fingerprint density at radius 3 is 2.41 bits per heavy atom. The molecule has 0 amide bonds. The van der Waals surface area contributed by atoms with Gasteiger partial charge in [-0.2, -0.15) is 0 Å². The second kappa shape index (κ2) is 7.46. The van der Waals surface area contributed by atoms with E-state index < -0.39 is 0 Å². The number of hydrogen-bond acceptors (Lipinski definition) is 2. The molecule has 0 heterocycles. The predicted octanol–water partition coefficient (Wildman–Crippen LogP) is 3.01. The third kappa shape index (κ3) is 4.88. The molecule has 1 rings (SSSR count). The van der Waals surface area contributed by atoms with Crippen LogP contribution in [0.1, 0.15) is 37.8 Å². The van der Waals surface area contributed by atoms with Gasteiger partial charge in [0.1, 0.15) is 0 Å². The van der Waals surface area contributed by atoms with Crippen molar-refractivity contribution in [2.45, 2.75) is 39.8 Å². The molecule has 2 nitrogen and oxygen atoms in total. The lowest BCUT2D eigenvalue weighted by Crippen LogP contribution is -2.24. The summed E-state index contributed by atoms with van der Waals surface area (Å²) < 4.78 is 0. The Morgan fingerprint density at radius 1 is 1.18 bits per heavy atom. The Kier molecular flexibility index (Phi) is 6.23. The highest BCUT2D eigenvalue weighted by atomic mass is 15.1. The van der Waals surface area contributed by atoms with Crippen LogP contribution in [0.2, 0.25) is 0 Å². The van der Waals surface area contributed by atoms with Crippen LogP contribution in [-0.2, 0) is 13.1 Å². The van der Waals surface area contributed by atoms with Crippen LogP contribution in [0.3, 0.4) is 0 Å². The lowest BCUT2D eigenvalue weighted by molar-refractivity contribution is 0.260. The van der Waals surface area contributed by atoms with Crippen molar-refractivity contribution >= 4 is 0 Å². The minimum absolute atomic E-state index is 0.629. The highest BCUT2D eigenvalue weighted by Crippen LogP contribution is 2.12. The van der Waals surface area contributed by atoms with E-state index in [1.165, 1.54) is 30.5 Å². The van der Waals surface area contributed by atoms with Crippen molar-refractivity contribution in [1.29, 1.82) is 0 Å². The van der Waals surface area contributed by atoms with Crippen molar-refractivity contribution in [3.63, 3.8) is 0 Å². The van der Waals surface area contributed by atoms with Gasteiger partial charge in [-0.25, -0.2) is 0 Å². The number of rotatable bonds is 7. The molecule has 0 aliphatic heterocycles. The maximum Gasteiger partial charge on any atom is 0.0230 e. The van der Waals surface area contributed by atoms with Crippen molar-refractivity contribution in [2.75, 3.05) is 13.6 Å². The molecule has 0 atom stereocenters. The maximum atomic E-state index is 5.66. The summed E-state index contributed by atoms with van der Waals surface area (Å²) in [4.78, 5) is 2.41. The summed E-state index contributed by atoms with van der Waals surface area (Å²) in [5, 5.41) is 0. The summed E-state index contributed by atoms with van der Waals surface area (Å²) >= 11 is 0. The van der Waals surface area contributed by atoms with E-state index in [9.17, 15) is 0 Å². The zero-order valence-corrected chi connectivity index (χ0v) is 11.4. The fraction of sp³-hybridized carbons (Fsp3) is 0.600. The molecule has 0 fully saturated rings. The van der Waals surface area contributed by atoms with Gasteiger partial charge < -0.3 is 10.6 Å². The van der Waals surface area contributed by atoms with E-state index in [0.29, 0.717) is 6.54 Å². The summed E-state index contributed by atoms with van der Waals surface area (Å²) in [7, 11) is 2.20. The lowest BCUT2D eigenvalue weighted by atomic mass is 10.0. The van der Waals surface area contributed by atoms with Gasteiger partial charge in [0, 0.05) is 19.6 Å². The molecule has 0 aliphatic carbocycles. The molecule has 0 aliphatic rings. The van der Waals surface area contributed by atoms with Crippen LogP contribution in [0.4, 0.5) is 0 Å². The van der Waals surface area contributed by atoms with Gasteiger partial charge in [0.05, 0.1) is 0 Å². The van der Waals surface area contributed by atoms with Crippen molar-refractivity contribution in [3.05, 3.63) is 35.4 Å². The molecule has 0 unspecified atom stereocenters. The summed E-state index contributed by atoms with van der Waals surface area (Å²) in [5.74, 6) is 0.817. The van der Waals surface area contributed by atoms with Crippen LogP contribution in [0.5, 0.6) is 0 Å². The molecule has 2 heteroatoms. The van der Waals surface area contributed by atoms with E-state index in [2.05, 4.69) is 50.1 Å². The van der Waals surface area contributed by atoms with Crippen molar-refractivity contribution in [1.82, 2.24) is 4.90 Å². The molecule has 0 aromatic heterocycles. The molecule has 0 spiro atoms. The third-order valence-electron chi connectivity index (χ3n) is 3.40. The zero-order valence-electron chi connectivity index (χ0n) is 11.4. The highest BCUT2D eigenvalue weighted by Gasteiger charge is 2.08. The quantitative estimate of drug-likeness (QED) is 0.786. The third-order valence-corrected chi connectivity index (χ3v) is 3.40. The summed E-state index contributed by atoms with van der Waals surface area (Å²) in [6, 6.07) is 8.58. The van der Waals surface area contributed by atoms with E-state index in [0.717, 1.165) is 12.5 Å². The maximum absolute atomic E-state index is 5.66. The molecule has 17 heavy (non-hydrogen) atoms. The first-order valence-electron chi connectivity index (χ1n) is 6.66. The van der Waals surface area contributed by atoms with Gasteiger partial charge in [-0.15, -0.1) is 0 Å². The van der Waals surface area contributed by atoms with Crippen LogP contribution >= 0.6 is 0 Å². The van der Waals surface area contributed by atoms with Crippen LogP contribution in [0, 0.1) is 5.92 Å². The molecule has 96 valence electrons. The fourth-order valence-electron chi connectivity index (χ4n) is 2.22. The van der Waals surface area contributed by atoms with Crippen LogP contribution in [-0.4, -0.2) is 18.5 Å². The monoisotopic (exact) mass is 234 g/mol. The molecule has 1 aromatic carbocycles. The first-order chi connectivity index (χ1) is 8.19. The zero-order chi connectivity index (χ0) is 12.7. The standard InChI is InChI=1S/C15H26N2/c1-4-13(5-2)11-17(3)12-15-8-6-7-14(9-15)10-16/h6-9,13H,4-5,10-12,16H2,1-3H3. The van der Waals surface area contributed by atoms with Gasteiger partial charge in [0.2, 0.25) is 0 Å². The first-order valence-corrected chi connectivity index (χ1v) is 6.66. The predicted molar refractivity (Wildman–Crippen MR) is 74.7 cm³/mol. The van der Waals surface area contributed by atoms with Gasteiger partial charge in [-0.05, 0) is 24.1 Å². The van der Waals surface area contributed by atoms with E-state index in [4.69, 9.17) is 5.73 Å². The number of nitrogens with two attached hydrogens (primary N) is 1. The highest BCUT2D eigenvalue weighted by molar-refractivity contribution is 5.23. The summed E-state index contributed by atoms with van der Waals surface area (Å²) in [6.07, 6.45) is 2.54. The van der Waals surface area contributed by atoms with Gasteiger partial charge >= 0.3 is 0 Å². The summed E-state index contributed by atoms with van der Waals surface area (Å²) in [5.41, 5.74) is 8.24. The van der Waals surface area contributed by atoms with Gasteiger partial charge in [-0.1, -0.05) is 51.0 Å². The van der Waals surface area contributed by atoms with Gasteiger partial charge in [-0.3, -0.25) is 0 Å². The molecular weight excluding hydrogens is 208 g/mol. The Balaban J connectivity index is 2.52. The Morgan fingerprint density at radius 2 is 1.82 bits per heavy atom. The molecule has 0 bridgehead atoms. The molecular formula is C15H26N2. The first kappa shape index (κ1) is 14.2. The SMILES string of the molecule is CCC(CC)CN(C)Cc1cccc(CN)c1. The fourth-order valence-corrected chi connectivity index (χ4v) is 2.22. The van der Waals surface area contributed by atoms with E-state index in [1.807, 2.05) is 0 Å². The van der Waals surface area contributed by atoms with E-state index in [-0.39, 0.29) is 0 Å². The molecule has 0 saturated heterocycles. The second-order valence-electron chi connectivity index (χ2n) is 4.90. The van der Waals surface area contributed by atoms with E-state index in [1.54, 1.807) is 0 Å². The molecule has 1 aromatic rings. The Labute approximate surface area is 106 Å². The molecule has 0 radical (unpaired) electrons. The van der Waals surface area contributed by atoms with Crippen LogP contribution < -0.4 is 5.73 Å². The number of benzene rings is 1. The van der Waals surface area contributed by atoms with Crippen LogP contribution in [0.15, 0.2) is 24.3 Å².